The number of nitro groups is 1. The fourth-order valence-corrected chi connectivity index (χ4v) is 3.90. The molecule has 4 rings (SSSR count). The molecule has 0 saturated carbocycles. The molecule has 0 bridgehead atoms. The molecule has 1 fully saturated rings. The third-order valence-corrected chi connectivity index (χ3v) is 5.76. The third-order valence-electron chi connectivity index (χ3n) is 5.76. The monoisotopic (exact) mass is 444 g/mol. The summed E-state index contributed by atoms with van der Waals surface area (Å²) in [6.45, 7) is 4.19. The van der Waals surface area contributed by atoms with Gasteiger partial charge < -0.3 is 15.1 Å². The Bertz CT molecular complexity index is 1190. The Labute approximate surface area is 191 Å². The van der Waals surface area contributed by atoms with Gasteiger partial charge in [0.2, 0.25) is 0 Å². The Balaban J connectivity index is 1.48. The van der Waals surface area contributed by atoms with Gasteiger partial charge in [0.05, 0.1) is 16.2 Å². The molecule has 0 aromatic heterocycles. The number of anilines is 2. The molecular weight excluding hydrogens is 420 g/mol. The minimum atomic E-state index is -0.515. The number of nitrogens with zero attached hydrogens (tertiary/aromatic N) is 3. The molecule has 3 aromatic rings. The normalized spacial score (nSPS) is 13.5. The predicted molar refractivity (Wildman–Crippen MR) is 127 cm³/mol. The number of para-hydroxylation sites is 2. The molecule has 3 aromatic carbocycles. The van der Waals surface area contributed by atoms with E-state index in [0.717, 1.165) is 18.8 Å². The second kappa shape index (κ2) is 9.52. The number of carbonyl (C=O) groups is 2. The van der Waals surface area contributed by atoms with Crippen LogP contribution in [-0.4, -0.2) is 47.8 Å². The lowest BCUT2D eigenvalue weighted by molar-refractivity contribution is -0.385. The highest BCUT2D eigenvalue weighted by atomic mass is 16.6. The van der Waals surface area contributed by atoms with Crippen LogP contribution in [0.25, 0.3) is 0 Å². The van der Waals surface area contributed by atoms with Crippen LogP contribution < -0.4 is 10.2 Å². The second-order valence-electron chi connectivity index (χ2n) is 7.87. The van der Waals surface area contributed by atoms with Crippen LogP contribution in [-0.2, 0) is 0 Å². The number of piperazine rings is 1. The van der Waals surface area contributed by atoms with E-state index in [1.54, 1.807) is 36.1 Å². The summed E-state index contributed by atoms with van der Waals surface area (Å²) >= 11 is 0. The molecule has 0 radical (unpaired) electrons. The highest BCUT2D eigenvalue weighted by molar-refractivity contribution is 6.09. The van der Waals surface area contributed by atoms with E-state index >= 15 is 0 Å². The highest BCUT2D eigenvalue weighted by Crippen LogP contribution is 2.23. The molecule has 1 heterocycles. The van der Waals surface area contributed by atoms with Gasteiger partial charge in [-0.3, -0.25) is 19.7 Å². The van der Waals surface area contributed by atoms with Crippen LogP contribution in [0.1, 0.15) is 26.3 Å². The number of amides is 2. The standard InChI is InChI=1S/C25H24N4O4/c1-18-11-12-19(17-23(18)29(32)33)24(30)26-22-10-6-5-9-21(22)25(31)28-15-13-27(14-16-28)20-7-3-2-4-8-20/h2-12,17H,13-16H2,1H3,(H,26,30). The fraction of sp³-hybridized carbons (Fsp3) is 0.200. The maximum absolute atomic E-state index is 13.2. The smallest absolute Gasteiger partial charge is 0.273 e. The molecule has 1 saturated heterocycles. The van der Waals surface area contributed by atoms with E-state index in [1.807, 2.05) is 18.2 Å². The lowest BCUT2D eigenvalue weighted by atomic mass is 10.1. The minimum Gasteiger partial charge on any atom is -0.368 e. The molecule has 1 aliphatic heterocycles. The number of nitro benzene ring substituents is 1. The van der Waals surface area contributed by atoms with Crippen molar-refractivity contribution in [2.24, 2.45) is 0 Å². The lowest BCUT2D eigenvalue weighted by Gasteiger charge is -2.36. The molecule has 33 heavy (non-hydrogen) atoms. The number of rotatable bonds is 5. The van der Waals surface area contributed by atoms with E-state index in [0.29, 0.717) is 29.9 Å². The first kappa shape index (κ1) is 22.0. The van der Waals surface area contributed by atoms with Crippen LogP contribution in [0, 0.1) is 17.0 Å². The van der Waals surface area contributed by atoms with Gasteiger partial charge in [0.1, 0.15) is 0 Å². The van der Waals surface area contributed by atoms with Crippen molar-refractivity contribution < 1.29 is 14.5 Å². The van der Waals surface area contributed by atoms with Gasteiger partial charge >= 0.3 is 0 Å². The van der Waals surface area contributed by atoms with Gasteiger partial charge in [-0.1, -0.05) is 36.4 Å². The summed E-state index contributed by atoms with van der Waals surface area (Å²) in [5.41, 5.74) is 2.40. The number of nitrogens with one attached hydrogen (secondary N) is 1. The minimum absolute atomic E-state index is 0.122. The zero-order chi connectivity index (χ0) is 23.4. The van der Waals surface area contributed by atoms with Crippen LogP contribution in [0.2, 0.25) is 0 Å². The third kappa shape index (κ3) is 4.85. The number of hydrogen-bond donors (Lipinski definition) is 1. The van der Waals surface area contributed by atoms with E-state index in [-0.39, 0.29) is 17.2 Å². The van der Waals surface area contributed by atoms with E-state index in [9.17, 15) is 19.7 Å². The maximum atomic E-state index is 13.2. The topological polar surface area (TPSA) is 95.8 Å². The van der Waals surface area contributed by atoms with Gasteiger partial charge in [0, 0.05) is 49.1 Å². The van der Waals surface area contributed by atoms with Crippen molar-refractivity contribution in [2.45, 2.75) is 6.92 Å². The van der Waals surface area contributed by atoms with Gasteiger partial charge in [0.15, 0.2) is 0 Å². The van der Waals surface area contributed by atoms with Crippen molar-refractivity contribution in [2.75, 3.05) is 36.4 Å². The lowest BCUT2D eigenvalue weighted by Crippen LogP contribution is -2.48. The van der Waals surface area contributed by atoms with Gasteiger partial charge in [-0.2, -0.15) is 0 Å². The van der Waals surface area contributed by atoms with Crippen molar-refractivity contribution in [1.82, 2.24) is 4.90 Å². The quantitative estimate of drug-likeness (QED) is 0.472. The largest absolute Gasteiger partial charge is 0.368 e. The van der Waals surface area contributed by atoms with E-state index < -0.39 is 10.8 Å². The Hall–Kier alpha value is -4.20. The van der Waals surface area contributed by atoms with Crippen molar-refractivity contribution in [3.05, 3.63) is 99.6 Å². The van der Waals surface area contributed by atoms with Crippen LogP contribution in [0.3, 0.4) is 0 Å². The van der Waals surface area contributed by atoms with Crippen molar-refractivity contribution in [1.29, 1.82) is 0 Å². The molecular formula is C25H24N4O4. The molecule has 1 aliphatic rings. The SMILES string of the molecule is Cc1ccc(C(=O)Nc2ccccc2C(=O)N2CCN(c3ccccc3)CC2)cc1[N+](=O)[O-]. The Morgan fingerprint density at radius 2 is 1.58 bits per heavy atom. The van der Waals surface area contributed by atoms with E-state index in [1.165, 1.54) is 18.2 Å². The maximum Gasteiger partial charge on any atom is 0.273 e. The molecule has 0 aliphatic carbocycles. The molecule has 168 valence electrons. The summed E-state index contributed by atoms with van der Waals surface area (Å²) in [6, 6.07) is 21.2. The summed E-state index contributed by atoms with van der Waals surface area (Å²) in [5, 5.41) is 14.0. The molecule has 2 amide bonds. The van der Waals surface area contributed by atoms with Gasteiger partial charge in [-0.25, -0.2) is 0 Å². The summed E-state index contributed by atoms with van der Waals surface area (Å²) in [7, 11) is 0. The van der Waals surface area contributed by atoms with Gasteiger partial charge in [-0.05, 0) is 37.3 Å². The van der Waals surface area contributed by atoms with Gasteiger partial charge in [-0.15, -0.1) is 0 Å². The number of aryl methyl sites for hydroxylation is 1. The van der Waals surface area contributed by atoms with Crippen molar-refractivity contribution in [3.8, 4) is 0 Å². The predicted octanol–water partition coefficient (Wildman–Crippen LogP) is 4.12. The molecule has 0 spiro atoms. The Kier molecular flexibility index (Phi) is 6.35. The molecule has 1 N–H and O–H groups in total. The average molecular weight is 444 g/mol. The highest BCUT2D eigenvalue weighted by Gasteiger charge is 2.25. The molecule has 0 atom stereocenters. The molecule has 8 nitrogen and oxygen atoms in total. The summed E-state index contributed by atoms with van der Waals surface area (Å²) < 4.78 is 0. The number of carbonyl (C=O) groups excluding carboxylic acids is 2. The van der Waals surface area contributed by atoms with Crippen LogP contribution in [0.5, 0.6) is 0 Å². The van der Waals surface area contributed by atoms with Gasteiger partial charge in [0.25, 0.3) is 17.5 Å². The molecule has 0 unspecified atom stereocenters. The zero-order valence-electron chi connectivity index (χ0n) is 18.2. The number of hydrogen-bond acceptors (Lipinski definition) is 5. The zero-order valence-corrected chi connectivity index (χ0v) is 18.2. The van der Waals surface area contributed by atoms with E-state index in [2.05, 4.69) is 22.3 Å². The van der Waals surface area contributed by atoms with E-state index in [4.69, 9.17) is 0 Å². The summed E-state index contributed by atoms with van der Waals surface area (Å²) in [6.07, 6.45) is 0. The Morgan fingerprint density at radius 1 is 0.909 bits per heavy atom. The van der Waals surface area contributed by atoms with Crippen LogP contribution in [0.4, 0.5) is 17.1 Å². The second-order valence-corrected chi connectivity index (χ2v) is 7.87. The number of benzene rings is 3. The first-order chi connectivity index (χ1) is 15.9. The van der Waals surface area contributed by atoms with Crippen molar-refractivity contribution >= 4 is 28.9 Å². The van der Waals surface area contributed by atoms with Crippen LogP contribution in [0.15, 0.2) is 72.8 Å². The average Bonchev–Trinajstić information content (AvgIpc) is 2.84. The molecule has 8 heteroatoms. The first-order valence-electron chi connectivity index (χ1n) is 10.7. The fourth-order valence-electron chi connectivity index (χ4n) is 3.90. The first-order valence-corrected chi connectivity index (χ1v) is 10.7. The van der Waals surface area contributed by atoms with Crippen molar-refractivity contribution in [3.63, 3.8) is 0 Å². The summed E-state index contributed by atoms with van der Waals surface area (Å²) in [5.74, 6) is -0.666. The van der Waals surface area contributed by atoms with Crippen LogP contribution >= 0.6 is 0 Å². The Morgan fingerprint density at radius 3 is 2.27 bits per heavy atom. The summed E-state index contributed by atoms with van der Waals surface area (Å²) in [4.78, 5) is 40.7.